The third-order valence-corrected chi connectivity index (χ3v) is 2.27. The number of nitrogens with zero attached hydrogens (tertiary/aromatic N) is 1. The van der Waals surface area contributed by atoms with Crippen LogP contribution >= 0.6 is 0 Å². The Morgan fingerprint density at radius 3 is 1.78 bits per heavy atom. The first-order valence-corrected chi connectivity index (χ1v) is 4.29. The van der Waals surface area contributed by atoms with Gasteiger partial charge in [0.2, 0.25) is 23.9 Å². The van der Waals surface area contributed by atoms with Gasteiger partial charge < -0.3 is 0 Å². The van der Waals surface area contributed by atoms with Crippen LogP contribution in [0.25, 0.3) is 0 Å². The van der Waals surface area contributed by atoms with Crippen LogP contribution in [-0.4, -0.2) is 11.2 Å². The quantitative estimate of drug-likeness (QED) is 0.473. The molecule has 98 valence electrons. The van der Waals surface area contributed by atoms with Gasteiger partial charge in [0.15, 0.2) is 23.3 Å². The van der Waals surface area contributed by atoms with Gasteiger partial charge in [-0.2, -0.15) is 8.78 Å². The number of alkyl halides is 1. The van der Waals surface area contributed by atoms with Crippen LogP contribution < -0.4 is 0 Å². The van der Waals surface area contributed by atoms with E-state index in [9.17, 15) is 35.1 Å². The second-order valence-electron chi connectivity index (χ2n) is 3.26. The molecular weight excluding hydrogens is 274 g/mol. The van der Waals surface area contributed by atoms with Crippen LogP contribution in [-0.2, 0) is 0 Å². The lowest BCUT2D eigenvalue weighted by atomic mass is 10.1. The van der Waals surface area contributed by atoms with Crippen LogP contribution in [0.15, 0.2) is 46.6 Å². The molecule has 9 heteroatoms. The van der Waals surface area contributed by atoms with E-state index in [0.717, 1.165) is 0 Å². The fourth-order valence-electron chi connectivity index (χ4n) is 1.44. The molecule has 0 fully saturated rings. The maximum atomic E-state index is 13.2. The fourth-order valence-corrected chi connectivity index (χ4v) is 1.44. The van der Waals surface area contributed by atoms with Crippen molar-refractivity contribution in [3.05, 3.63) is 46.6 Å². The molecule has 0 N–H and O–H groups in total. The molecule has 2 aliphatic heterocycles. The lowest BCUT2D eigenvalue weighted by Crippen LogP contribution is -2.36. The second kappa shape index (κ2) is 3.85. The average molecular weight is 275 g/mol. The molecule has 0 aromatic rings. The van der Waals surface area contributed by atoms with E-state index in [0.29, 0.717) is 0 Å². The largest absolute Gasteiger partial charge is 0.273 e. The highest BCUT2D eigenvalue weighted by molar-refractivity contribution is 5.49. The molecule has 0 bridgehead atoms. The first kappa shape index (κ1) is 12.7. The zero-order valence-corrected chi connectivity index (χ0v) is 8.05. The molecule has 18 heavy (non-hydrogen) atoms. The monoisotopic (exact) mass is 275 g/mol. The molecular formula is C9HF8N. The van der Waals surface area contributed by atoms with Crippen molar-refractivity contribution < 1.29 is 35.1 Å². The number of hydrogen-bond donors (Lipinski definition) is 0. The standard InChI is InChI=1S/C9HF8N/c10-1-3(12)7-4(13)2(11)6(15)9(17)18(7)8(16)5(1)14/h8H. The van der Waals surface area contributed by atoms with E-state index in [2.05, 4.69) is 0 Å². The highest BCUT2D eigenvalue weighted by Crippen LogP contribution is 2.46. The molecule has 2 heterocycles. The highest BCUT2D eigenvalue weighted by atomic mass is 19.2. The number of fused-ring (bicyclic) bond motifs is 1. The minimum Gasteiger partial charge on any atom is -0.273 e. The van der Waals surface area contributed by atoms with Gasteiger partial charge >= 0.3 is 0 Å². The van der Waals surface area contributed by atoms with Gasteiger partial charge in [0, 0.05) is 0 Å². The highest BCUT2D eigenvalue weighted by Gasteiger charge is 2.46. The van der Waals surface area contributed by atoms with E-state index in [4.69, 9.17) is 0 Å². The second-order valence-corrected chi connectivity index (χ2v) is 3.26. The Morgan fingerprint density at radius 2 is 1.22 bits per heavy atom. The molecule has 1 atom stereocenters. The summed E-state index contributed by atoms with van der Waals surface area (Å²) < 4.78 is 104. The molecule has 1 unspecified atom stereocenters. The van der Waals surface area contributed by atoms with Gasteiger partial charge in [-0.3, -0.25) is 4.90 Å². The summed E-state index contributed by atoms with van der Waals surface area (Å²) in [5.41, 5.74) is -1.88. The van der Waals surface area contributed by atoms with Crippen molar-refractivity contribution in [1.29, 1.82) is 0 Å². The average Bonchev–Trinajstić information content (AvgIpc) is 2.35. The van der Waals surface area contributed by atoms with Crippen molar-refractivity contribution in [3.8, 4) is 0 Å². The third-order valence-electron chi connectivity index (χ3n) is 2.27. The Balaban J connectivity index is 2.77. The molecule has 0 radical (unpaired) electrons. The smallest absolute Gasteiger partial charge is 0.236 e. The molecule has 0 spiro atoms. The maximum absolute atomic E-state index is 13.2. The predicted molar refractivity (Wildman–Crippen MR) is 42.6 cm³/mol. The minimum absolute atomic E-state index is 0.790. The van der Waals surface area contributed by atoms with Crippen LogP contribution in [0.1, 0.15) is 0 Å². The zero-order chi connectivity index (χ0) is 13.8. The van der Waals surface area contributed by atoms with E-state index in [1.165, 1.54) is 0 Å². The predicted octanol–water partition coefficient (Wildman–Crippen LogP) is 4.20. The maximum Gasteiger partial charge on any atom is 0.236 e. The molecule has 2 rings (SSSR count). The zero-order valence-electron chi connectivity index (χ0n) is 8.05. The number of allylic oxidation sites excluding steroid dienone is 5. The van der Waals surface area contributed by atoms with E-state index in [-0.39, 0.29) is 0 Å². The molecule has 0 amide bonds. The third kappa shape index (κ3) is 1.39. The van der Waals surface area contributed by atoms with Crippen molar-refractivity contribution in [1.82, 2.24) is 4.90 Å². The van der Waals surface area contributed by atoms with Crippen LogP contribution in [0.5, 0.6) is 0 Å². The summed E-state index contributed by atoms with van der Waals surface area (Å²) in [6.45, 7) is 0. The van der Waals surface area contributed by atoms with Gasteiger partial charge in [0.25, 0.3) is 0 Å². The summed E-state index contributed by atoms with van der Waals surface area (Å²) in [7, 11) is 0. The Labute approximate surface area is 94.0 Å². The molecule has 0 aliphatic carbocycles. The van der Waals surface area contributed by atoms with Gasteiger partial charge in [-0.1, -0.05) is 0 Å². The molecule has 0 saturated carbocycles. The van der Waals surface area contributed by atoms with Gasteiger partial charge in [0.05, 0.1) is 0 Å². The van der Waals surface area contributed by atoms with Crippen LogP contribution in [0.2, 0.25) is 0 Å². The molecule has 0 aromatic heterocycles. The summed E-state index contributed by atoms with van der Waals surface area (Å²) in [5.74, 6) is -16.9. The van der Waals surface area contributed by atoms with Gasteiger partial charge in [-0.05, 0) is 0 Å². The van der Waals surface area contributed by atoms with Crippen molar-refractivity contribution in [2.45, 2.75) is 6.30 Å². The fraction of sp³-hybridized carbons (Fsp3) is 0.111. The summed E-state index contributed by atoms with van der Waals surface area (Å²) in [6.07, 6.45) is -3.33. The van der Waals surface area contributed by atoms with Gasteiger partial charge in [-0.15, -0.1) is 0 Å². The lowest BCUT2D eigenvalue weighted by Gasteiger charge is -2.32. The Bertz CT molecular complexity index is 555. The van der Waals surface area contributed by atoms with Crippen molar-refractivity contribution in [3.63, 3.8) is 0 Å². The van der Waals surface area contributed by atoms with Gasteiger partial charge in [0.1, 0.15) is 5.70 Å². The van der Waals surface area contributed by atoms with E-state index >= 15 is 0 Å². The SMILES string of the molecule is FC1=C(F)C2=C(F)C(F)=C(F)C(F)N2C(F)=C1F. The Hall–Kier alpha value is -1.80. The van der Waals surface area contributed by atoms with Crippen molar-refractivity contribution >= 4 is 0 Å². The van der Waals surface area contributed by atoms with E-state index < -0.39 is 57.8 Å². The van der Waals surface area contributed by atoms with Crippen molar-refractivity contribution in [2.24, 2.45) is 0 Å². The first-order chi connectivity index (χ1) is 8.29. The topological polar surface area (TPSA) is 3.24 Å². The van der Waals surface area contributed by atoms with Crippen LogP contribution in [0, 0.1) is 0 Å². The van der Waals surface area contributed by atoms with Crippen LogP contribution in [0.3, 0.4) is 0 Å². The summed E-state index contributed by atoms with van der Waals surface area (Å²) in [4.78, 5) is -0.790. The minimum atomic E-state index is -3.33. The molecule has 0 aromatic carbocycles. The number of halogens is 8. The number of rotatable bonds is 0. The molecule has 0 saturated heterocycles. The Kier molecular flexibility index (Phi) is 2.71. The van der Waals surface area contributed by atoms with Crippen LogP contribution in [0.4, 0.5) is 35.1 Å². The number of hydrogen-bond acceptors (Lipinski definition) is 1. The summed E-state index contributed by atoms with van der Waals surface area (Å²) >= 11 is 0. The Morgan fingerprint density at radius 1 is 0.667 bits per heavy atom. The van der Waals surface area contributed by atoms with E-state index in [1.807, 2.05) is 0 Å². The van der Waals surface area contributed by atoms with E-state index in [1.54, 1.807) is 0 Å². The van der Waals surface area contributed by atoms with Gasteiger partial charge in [-0.25, -0.2) is 26.3 Å². The summed E-state index contributed by atoms with van der Waals surface area (Å²) in [6, 6.07) is 0. The normalized spacial score (nSPS) is 25.3. The van der Waals surface area contributed by atoms with Crippen molar-refractivity contribution in [2.75, 3.05) is 0 Å². The molecule has 1 nitrogen and oxygen atoms in total. The summed E-state index contributed by atoms with van der Waals surface area (Å²) in [5, 5.41) is 0. The molecule has 2 aliphatic rings. The lowest BCUT2D eigenvalue weighted by molar-refractivity contribution is 0.104. The first-order valence-electron chi connectivity index (χ1n) is 4.29.